The van der Waals surface area contributed by atoms with Gasteiger partial charge in [0.15, 0.2) is 0 Å². The maximum absolute atomic E-state index is 11.8. The molecule has 5 heteroatoms. The zero-order valence-corrected chi connectivity index (χ0v) is 10.5. The number of hydrogen-bond acceptors (Lipinski definition) is 2. The average Bonchev–Trinajstić information content (AvgIpc) is 3.02. The Morgan fingerprint density at radius 3 is 2.44 bits per heavy atom. The second kappa shape index (κ2) is 4.04. The monoisotopic (exact) mass is 331 g/mol. The number of hydrogen-bond donors (Lipinski definition) is 2. The van der Waals surface area contributed by atoms with Crippen LogP contribution in [0.3, 0.4) is 0 Å². The maximum Gasteiger partial charge on any atom is 0.319 e. The van der Waals surface area contributed by atoms with Crippen molar-refractivity contribution >= 4 is 40.2 Å². The van der Waals surface area contributed by atoms with E-state index in [9.17, 15) is 9.59 Å². The van der Waals surface area contributed by atoms with Crippen molar-refractivity contribution in [1.29, 1.82) is 0 Å². The lowest BCUT2D eigenvalue weighted by atomic mass is 10.1. The molecule has 4 nitrogen and oxygen atoms in total. The van der Waals surface area contributed by atoms with Crippen LogP contribution in [0.4, 0.5) is 5.69 Å². The lowest BCUT2D eigenvalue weighted by Gasteiger charge is -2.11. The van der Waals surface area contributed by atoms with Gasteiger partial charge in [-0.3, -0.25) is 9.59 Å². The lowest BCUT2D eigenvalue weighted by Crippen LogP contribution is -2.31. The summed E-state index contributed by atoms with van der Waals surface area (Å²) in [6, 6.07) is 7.29. The summed E-state index contributed by atoms with van der Waals surface area (Å²) in [6.07, 6.45) is 0.856. The highest BCUT2D eigenvalue weighted by Crippen LogP contribution is 2.46. The van der Waals surface area contributed by atoms with Gasteiger partial charge in [-0.15, -0.1) is 0 Å². The van der Waals surface area contributed by atoms with Crippen molar-refractivity contribution < 1.29 is 14.7 Å². The molecule has 2 rings (SSSR count). The van der Waals surface area contributed by atoms with E-state index in [1.54, 1.807) is 12.1 Å². The predicted octanol–water partition coefficient (Wildman–Crippen LogP) is 2.09. The van der Waals surface area contributed by atoms with E-state index in [4.69, 9.17) is 5.11 Å². The number of benzene rings is 1. The number of nitrogens with one attached hydrogen (secondary N) is 1. The molecule has 0 unspecified atom stereocenters. The number of carboxylic acid groups (broad SMARTS) is 1. The van der Waals surface area contributed by atoms with Crippen LogP contribution in [-0.4, -0.2) is 17.0 Å². The Balaban J connectivity index is 2.15. The summed E-state index contributed by atoms with van der Waals surface area (Å²) < 4.78 is 0.898. The summed E-state index contributed by atoms with van der Waals surface area (Å²) in [7, 11) is 0. The Kier molecular flexibility index (Phi) is 2.88. The van der Waals surface area contributed by atoms with Crippen LogP contribution in [0, 0.1) is 8.99 Å². The number of amides is 1. The van der Waals surface area contributed by atoms with E-state index in [0.717, 1.165) is 3.57 Å². The molecule has 1 saturated carbocycles. The molecule has 1 aliphatic carbocycles. The zero-order chi connectivity index (χ0) is 11.8. The van der Waals surface area contributed by atoms with Gasteiger partial charge in [-0.1, -0.05) is 12.1 Å². The lowest BCUT2D eigenvalue weighted by molar-refractivity contribution is -0.147. The third kappa shape index (κ3) is 1.91. The van der Waals surface area contributed by atoms with Gasteiger partial charge in [-0.25, -0.2) is 0 Å². The van der Waals surface area contributed by atoms with Crippen LogP contribution < -0.4 is 5.32 Å². The Morgan fingerprint density at radius 1 is 1.31 bits per heavy atom. The summed E-state index contributed by atoms with van der Waals surface area (Å²) in [4.78, 5) is 22.7. The molecule has 0 spiro atoms. The Bertz CT molecular complexity index is 454. The molecule has 0 heterocycles. The highest BCUT2D eigenvalue weighted by molar-refractivity contribution is 14.1. The molecule has 16 heavy (non-hydrogen) atoms. The fourth-order valence-electron chi connectivity index (χ4n) is 1.47. The number of rotatable bonds is 3. The van der Waals surface area contributed by atoms with E-state index in [1.165, 1.54) is 0 Å². The standard InChI is InChI=1S/C11H10INO3/c12-7-3-1-2-4-8(7)13-9(14)11(5-6-11)10(15)16/h1-4H,5-6H2,(H,13,14)(H,15,16). The Morgan fingerprint density at radius 2 is 1.94 bits per heavy atom. The van der Waals surface area contributed by atoms with Crippen molar-refractivity contribution in [3.05, 3.63) is 27.8 Å². The van der Waals surface area contributed by atoms with Crippen molar-refractivity contribution in [1.82, 2.24) is 0 Å². The fourth-order valence-corrected chi connectivity index (χ4v) is 1.99. The smallest absolute Gasteiger partial charge is 0.319 e. The molecule has 1 aromatic carbocycles. The highest BCUT2D eigenvalue weighted by atomic mass is 127. The normalized spacial score (nSPS) is 16.6. The van der Waals surface area contributed by atoms with Crippen LogP contribution in [0.15, 0.2) is 24.3 Å². The van der Waals surface area contributed by atoms with Crippen molar-refractivity contribution in [3.63, 3.8) is 0 Å². The molecule has 84 valence electrons. The third-order valence-electron chi connectivity index (χ3n) is 2.72. The minimum absolute atomic E-state index is 0.413. The molecular weight excluding hydrogens is 321 g/mol. The van der Waals surface area contributed by atoms with Gasteiger partial charge in [0.1, 0.15) is 5.41 Å². The second-order valence-electron chi connectivity index (χ2n) is 3.82. The van der Waals surface area contributed by atoms with Crippen LogP contribution in [0.5, 0.6) is 0 Å². The summed E-state index contributed by atoms with van der Waals surface area (Å²) in [6.45, 7) is 0. The summed E-state index contributed by atoms with van der Waals surface area (Å²) >= 11 is 2.10. The van der Waals surface area contributed by atoms with Crippen LogP contribution in [0.1, 0.15) is 12.8 Å². The van der Waals surface area contributed by atoms with Crippen molar-refractivity contribution in [2.75, 3.05) is 5.32 Å². The SMILES string of the molecule is O=C(O)C1(C(=O)Nc2ccccc2I)CC1. The largest absolute Gasteiger partial charge is 0.480 e. The van der Waals surface area contributed by atoms with E-state index in [-0.39, 0.29) is 0 Å². The van der Waals surface area contributed by atoms with E-state index >= 15 is 0 Å². The van der Waals surface area contributed by atoms with Gasteiger partial charge >= 0.3 is 5.97 Å². The molecule has 1 aliphatic rings. The van der Waals surface area contributed by atoms with Gasteiger partial charge in [0, 0.05) is 3.57 Å². The van der Waals surface area contributed by atoms with Gasteiger partial charge in [-0.05, 0) is 47.6 Å². The first-order valence-corrected chi connectivity index (χ1v) is 5.93. The minimum Gasteiger partial charge on any atom is -0.480 e. The summed E-state index contributed by atoms with van der Waals surface area (Å²) in [5, 5.41) is 11.6. The van der Waals surface area contributed by atoms with Gasteiger partial charge in [-0.2, -0.15) is 0 Å². The first-order valence-electron chi connectivity index (χ1n) is 4.86. The number of halogens is 1. The van der Waals surface area contributed by atoms with Gasteiger partial charge < -0.3 is 10.4 Å². The first-order chi connectivity index (χ1) is 7.56. The number of carbonyl (C=O) groups excluding carboxylic acids is 1. The molecular formula is C11H10INO3. The van der Waals surface area contributed by atoms with E-state index in [0.29, 0.717) is 18.5 Å². The van der Waals surface area contributed by atoms with Crippen molar-refractivity contribution in [3.8, 4) is 0 Å². The molecule has 0 aliphatic heterocycles. The second-order valence-corrected chi connectivity index (χ2v) is 4.98. The van der Waals surface area contributed by atoms with E-state index in [2.05, 4.69) is 27.9 Å². The molecule has 0 bridgehead atoms. The Labute approximate surface area is 106 Å². The van der Waals surface area contributed by atoms with Crippen molar-refractivity contribution in [2.45, 2.75) is 12.8 Å². The number of aliphatic carboxylic acids is 1. The molecule has 1 aromatic rings. The average molecular weight is 331 g/mol. The van der Waals surface area contributed by atoms with E-state index in [1.807, 2.05) is 12.1 Å². The predicted molar refractivity (Wildman–Crippen MR) is 67.1 cm³/mol. The summed E-state index contributed by atoms with van der Waals surface area (Å²) in [5.74, 6) is -1.44. The molecule has 0 saturated heterocycles. The quantitative estimate of drug-likeness (QED) is 0.658. The van der Waals surface area contributed by atoms with Crippen LogP contribution >= 0.6 is 22.6 Å². The zero-order valence-electron chi connectivity index (χ0n) is 8.37. The molecule has 0 atom stereocenters. The molecule has 1 fully saturated rings. The third-order valence-corrected chi connectivity index (χ3v) is 3.66. The fraction of sp³-hybridized carbons (Fsp3) is 0.273. The maximum atomic E-state index is 11.8. The number of para-hydroxylation sites is 1. The summed E-state index contributed by atoms with van der Waals surface area (Å²) in [5.41, 5.74) is -0.514. The Hall–Kier alpha value is -1.11. The van der Waals surface area contributed by atoms with Gasteiger partial charge in [0.2, 0.25) is 5.91 Å². The highest BCUT2D eigenvalue weighted by Gasteiger charge is 2.57. The molecule has 0 radical (unpaired) electrons. The van der Waals surface area contributed by atoms with Gasteiger partial charge in [0.25, 0.3) is 0 Å². The molecule has 0 aromatic heterocycles. The van der Waals surface area contributed by atoms with Crippen LogP contribution in [0.25, 0.3) is 0 Å². The number of carbonyl (C=O) groups is 2. The van der Waals surface area contributed by atoms with Crippen LogP contribution in [-0.2, 0) is 9.59 Å². The number of anilines is 1. The minimum atomic E-state index is -1.18. The molecule has 1 amide bonds. The topological polar surface area (TPSA) is 66.4 Å². The van der Waals surface area contributed by atoms with Crippen LogP contribution in [0.2, 0.25) is 0 Å². The number of carboxylic acids is 1. The molecule has 2 N–H and O–H groups in total. The van der Waals surface area contributed by atoms with Gasteiger partial charge in [0.05, 0.1) is 5.69 Å². The van der Waals surface area contributed by atoms with E-state index < -0.39 is 17.3 Å². The first kappa shape index (κ1) is 11.4. The van der Waals surface area contributed by atoms with Crippen molar-refractivity contribution in [2.24, 2.45) is 5.41 Å².